The Labute approximate surface area is 188 Å². The summed E-state index contributed by atoms with van der Waals surface area (Å²) in [6.07, 6.45) is 9.58. The maximum Gasteiger partial charge on any atom is 0.191 e. The highest BCUT2D eigenvalue weighted by Gasteiger charge is 2.65. The Morgan fingerprint density at radius 3 is 2.50 bits per heavy atom. The molecule has 0 aromatic rings. The van der Waals surface area contributed by atoms with E-state index in [9.17, 15) is 0 Å². The van der Waals surface area contributed by atoms with Crippen molar-refractivity contribution in [1.29, 1.82) is 0 Å². The van der Waals surface area contributed by atoms with Gasteiger partial charge >= 0.3 is 0 Å². The predicted octanol–water partition coefficient (Wildman–Crippen LogP) is 3.63. The molecule has 0 bridgehead atoms. The summed E-state index contributed by atoms with van der Waals surface area (Å²) >= 11 is 0. The zero-order valence-electron chi connectivity index (χ0n) is 18.1. The summed E-state index contributed by atoms with van der Waals surface area (Å²) < 4.78 is 6.15. The molecule has 4 rings (SSSR count). The molecule has 0 aromatic heterocycles. The molecule has 0 amide bonds. The van der Waals surface area contributed by atoms with Crippen LogP contribution in [0.25, 0.3) is 0 Å². The summed E-state index contributed by atoms with van der Waals surface area (Å²) in [5, 5.41) is 7.68. The first-order valence-corrected chi connectivity index (χ1v) is 11.5. The van der Waals surface area contributed by atoms with Gasteiger partial charge in [0, 0.05) is 56.2 Å². The molecule has 4 fully saturated rings. The van der Waals surface area contributed by atoms with Gasteiger partial charge in [-0.3, -0.25) is 4.99 Å². The molecule has 2 aliphatic heterocycles. The van der Waals surface area contributed by atoms with E-state index in [4.69, 9.17) is 9.73 Å². The van der Waals surface area contributed by atoms with Crippen molar-refractivity contribution in [3.05, 3.63) is 0 Å². The van der Waals surface area contributed by atoms with Crippen LogP contribution in [0.1, 0.15) is 65.7 Å². The Bertz CT molecular complexity index is 527. The van der Waals surface area contributed by atoms with Gasteiger partial charge in [-0.25, -0.2) is 0 Å². The molecule has 4 aliphatic rings. The summed E-state index contributed by atoms with van der Waals surface area (Å²) in [4.78, 5) is 7.43. The van der Waals surface area contributed by atoms with Crippen LogP contribution in [0.4, 0.5) is 0 Å². The number of piperidine rings is 1. The smallest absolute Gasteiger partial charge is 0.191 e. The first kappa shape index (κ1) is 22.6. The molecule has 3 unspecified atom stereocenters. The topological polar surface area (TPSA) is 48.9 Å². The molecule has 28 heavy (non-hydrogen) atoms. The van der Waals surface area contributed by atoms with Gasteiger partial charge in [-0.05, 0) is 44.9 Å². The number of guanidine groups is 1. The van der Waals surface area contributed by atoms with Crippen LogP contribution in [0.2, 0.25) is 0 Å². The highest BCUT2D eigenvalue weighted by atomic mass is 127. The minimum Gasteiger partial charge on any atom is -0.377 e. The van der Waals surface area contributed by atoms with E-state index < -0.39 is 0 Å². The van der Waals surface area contributed by atoms with Gasteiger partial charge in [0.15, 0.2) is 5.96 Å². The number of nitrogens with one attached hydrogen (secondary N) is 2. The lowest BCUT2D eigenvalue weighted by Crippen LogP contribution is -2.69. The predicted molar refractivity (Wildman–Crippen MR) is 126 cm³/mol. The van der Waals surface area contributed by atoms with E-state index in [0.717, 1.165) is 25.0 Å². The Morgan fingerprint density at radius 1 is 1.14 bits per heavy atom. The maximum absolute atomic E-state index is 6.15. The lowest BCUT2D eigenvalue weighted by Gasteiger charge is -2.57. The van der Waals surface area contributed by atoms with Crippen LogP contribution in [-0.2, 0) is 4.74 Å². The van der Waals surface area contributed by atoms with E-state index in [1.54, 1.807) is 0 Å². The van der Waals surface area contributed by atoms with Crippen molar-refractivity contribution in [2.45, 2.75) is 83.9 Å². The second-order valence-corrected chi connectivity index (χ2v) is 9.74. The third-order valence-corrected chi connectivity index (χ3v) is 7.45. The number of aliphatic imine (C=N–C) groups is 1. The molecular formula is C22H41IN4O. The lowest BCUT2D eigenvalue weighted by atomic mass is 9.54. The van der Waals surface area contributed by atoms with Gasteiger partial charge in [-0.15, -0.1) is 24.0 Å². The molecular weight excluding hydrogens is 463 g/mol. The van der Waals surface area contributed by atoms with Gasteiger partial charge in [-0.1, -0.05) is 26.7 Å². The molecule has 162 valence electrons. The number of likely N-dealkylation sites (tertiary alicyclic amines) is 1. The Balaban J connectivity index is 0.00000225. The van der Waals surface area contributed by atoms with E-state index in [0.29, 0.717) is 29.5 Å². The fraction of sp³-hybridized carbons (Fsp3) is 0.955. The molecule has 0 radical (unpaired) electrons. The quantitative estimate of drug-likeness (QED) is 0.341. The normalized spacial score (nSPS) is 32.9. The van der Waals surface area contributed by atoms with Gasteiger partial charge in [0.05, 0.1) is 6.10 Å². The Kier molecular flexibility index (Phi) is 7.93. The third kappa shape index (κ3) is 4.48. The van der Waals surface area contributed by atoms with Crippen molar-refractivity contribution in [3.63, 3.8) is 0 Å². The molecule has 2 saturated carbocycles. The standard InChI is InChI=1S/C22H40N4O.HI/c1-4-23-21(24-17-7-12-26(13-8-17)15-16(2)3)25-19-18-9-14-27-20(18)22(19)10-5-6-11-22;/h16-20H,4-15H2,1-3H3,(H2,23,24,25);1H. The molecule has 2 N–H and O–H groups in total. The summed E-state index contributed by atoms with van der Waals surface area (Å²) in [5.74, 6) is 2.51. The number of hydrogen-bond acceptors (Lipinski definition) is 3. The molecule has 5 nitrogen and oxygen atoms in total. The maximum atomic E-state index is 6.15. The summed E-state index contributed by atoms with van der Waals surface area (Å²) in [6.45, 7) is 12.2. The van der Waals surface area contributed by atoms with E-state index >= 15 is 0 Å². The zero-order valence-corrected chi connectivity index (χ0v) is 20.4. The first-order chi connectivity index (χ1) is 13.1. The van der Waals surface area contributed by atoms with Crippen molar-refractivity contribution in [2.75, 3.05) is 32.8 Å². The number of ether oxygens (including phenoxy) is 1. The van der Waals surface area contributed by atoms with Gasteiger partial charge in [0.2, 0.25) is 0 Å². The average molecular weight is 505 g/mol. The van der Waals surface area contributed by atoms with Crippen LogP contribution >= 0.6 is 24.0 Å². The third-order valence-electron chi connectivity index (χ3n) is 7.45. The van der Waals surface area contributed by atoms with E-state index in [1.807, 2.05) is 0 Å². The van der Waals surface area contributed by atoms with Crippen LogP contribution in [0.5, 0.6) is 0 Å². The van der Waals surface area contributed by atoms with Crippen molar-refractivity contribution in [2.24, 2.45) is 22.2 Å². The second kappa shape index (κ2) is 9.82. The highest BCUT2D eigenvalue weighted by Crippen LogP contribution is 2.60. The number of fused-ring (bicyclic) bond motifs is 2. The van der Waals surface area contributed by atoms with Crippen molar-refractivity contribution in [1.82, 2.24) is 15.5 Å². The molecule has 0 aromatic carbocycles. The molecule has 6 heteroatoms. The molecule has 2 heterocycles. The Morgan fingerprint density at radius 2 is 1.86 bits per heavy atom. The summed E-state index contributed by atoms with van der Waals surface area (Å²) in [6, 6.07) is 1.12. The zero-order chi connectivity index (χ0) is 18.9. The minimum atomic E-state index is 0. The number of halogens is 1. The average Bonchev–Trinajstić information content (AvgIpc) is 3.30. The van der Waals surface area contributed by atoms with Gasteiger partial charge in [0.25, 0.3) is 0 Å². The van der Waals surface area contributed by atoms with Crippen LogP contribution in [0.15, 0.2) is 4.99 Å². The largest absolute Gasteiger partial charge is 0.377 e. The van der Waals surface area contributed by atoms with Gasteiger partial charge < -0.3 is 20.3 Å². The number of hydrogen-bond donors (Lipinski definition) is 2. The first-order valence-electron chi connectivity index (χ1n) is 11.5. The van der Waals surface area contributed by atoms with Crippen LogP contribution in [-0.4, -0.2) is 61.8 Å². The Hall–Kier alpha value is -0.0800. The second-order valence-electron chi connectivity index (χ2n) is 9.74. The van der Waals surface area contributed by atoms with Crippen LogP contribution < -0.4 is 10.6 Å². The lowest BCUT2D eigenvalue weighted by molar-refractivity contribution is -0.125. The van der Waals surface area contributed by atoms with E-state index in [-0.39, 0.29) is 24.0 Å². The van der Waals surface area contributed by atoms with E-state index in [2.05, 4.69) is 36.3 Å². The monoisotopic (exact) mass is 504 g/mol. The van der Waals surface area contributed by atoms with Gasteiger partial charge in [-0.2, -0.15) is 0 Å². The fourth-order valence-electron chi connectivity index (χ4n) is 6.31. The summed E-state index contributed by atoms with van der Waals surface area (Å²) in [7, 11) is 0. The SMILES string of the molecule is CCN=C(NC1CCN(CC(C)C)CC1)NC1C2CCOC2C12CCCC2.I. The van der Waals surface area contributed by atoms with Crippen molar-refractivity contribution >= 4 is 29.9 Å². The molecule has 3 atom stereocenters. The van der Waals surface area contributed by atoms with Crippen LogP contribution in [0, 0.1) is 17.3 Å². The number of rotatable bonds is 5. The van der Waals surface area contributed by atoms with Crippen molar-refractivity contribution in [3.8, 4) is 0 Å². The fourth-order valence-corrected chi connectivity index (χ4v) is 6.31. The minimum absolute atomic E-state index is 0. The summed E-state index contributed by atoms with van der Waals surface area (Å²) in [5.41, 5.74) is 0.387. The van der Waals surface area contributed by atoms with Gasteiger partial charge in [0.1, 0.15) is 0 Å². The highest BCUT2D eigenvalue weighted by molar-refractivity contribution is 14.0. The van der Waals surface area contributed by atoms with E-state index in [1.165, 1.54) is 64.6 Å². The van der Waals surface area contributed by atoms with Crippen LogP contribution in [0.3, 0.4) is 0 Å². The molecule has 2 saturated heterocycles. The number of nitrogens with zero attached hydrogens (tertiary/aromatic N) is 2. The molecule has 1 spiro atoms. The van der Waals surface area contributed by atoms with Crippen molar-refractivity contribution < 1.29 is 4.74 Å². The molecule has 2 aliphatic carbocycles.